The van der Waals surface area contributed by atoms with Crippen molar-refractivity contribution in [3.8, 4) is 5.75 Å². The van der Waals surface area contributed by atoms with Gasteiger partial charge in [0.15, 0.2) is 6.79 Å². The highest BCUT2D eigenvalue weighted by Crippen LogP contribution is 2.32. The molecule has 1 aliphatic rings. The van der Waals surface area contributed by atoms with E-state index in [1.165, 1.54) is 24.3 Å². The Morgan fingerprint density at radius 2 is 1.72 bits per heavy atom. The number of carbonyl (C=O) groups is 2. The Balaban J connectivity index is 1.50. The lowest BCUT2D eigenvalue weighted by Gasteiger charge is -2.22. The van der Waals surface area contributed by atoms with Gasteiger partial charge in [0, 0.05) is 40.7 Å². The number of anilines is 2. The summed E-state index contributed by atoms with van der Waals surface area (Å²) < 4.78 is 29.2. The molecule has 0 spiro atoms. The van der Waals surface area contributed by atoms with E-state index in [2.05, 4.69) is 10.6 Å². The van der Waals surface area contributed by atoms with Gasteiger partial charge in [-0.15, -0.1) is 0 Å². The monoisotopic (exact) mass is 436 g/mol. The van der Waals surface area contributed by atoms with Gasteiger partial charge < -0.3 is 24.8 Å². The van der Waals surface area contributed by atoms with Crippen molar-refractivity contribution in [1.29, 1.82) is 0 Å². The first kappa shape index (κ1) is 21.5. The number of hydrogen-bond donors (Lipinski definition) is 2. The average Bonchev–Trinajstić information content (AvgIpc) is 2.80. The molecule has 0 radical (unpaired) electrons. The van der Waals surface area contributed by atoms with Crippen LogP contribution < -0.4 is 15.4 Å². The predicted octanol–water partition coefficient (Wildman–Crippen LogP) is 4.34. The maximum atomic E-state index is 13.1. The van der Waals surface area contributed by atoms with E-state index in [0.29, 0.717) is 41.5 Å². The van der Waals surface area contributed by atoms with Crippen LogP contribution in [0.5, 0.6) is 5.75 Å². The molecule has 1 heterocycles. The molecule has 1 aliphatic heterocycles. The van der Waals surface area contributed by atoms with Crippen LogP contribution in [0.4, 0.5) is 15.8 Å². The zero-order chi connectivity index (χ0) is 22.5. The molecule has 2 N–H and O–H groups in total. The van der Waals surface area contributed by atoms with Gasteiger partial charge in [-0.2, -0.15) is 0 Å². The van der Waals surface area contributed by atoms with Crippen LogP contribution >= 0.6 is 0 Å². The number of amides is 2. The second kappa shape index (κ2) is 9.59. The lowest BCUT2D eigenvalue weighted by Crippen LogP contribution is -2.17. The van der Waals surface area contributed by atoms with Crippen molar-refractivity contribution in [1.82, 2.24) is 0 Å². The van der Waals surface area contributed by atoms with Crippen LogP contribution in [-0.2, 0) is 22.7 Å². The predicted molar refractivity (Wildman–Crippen MR) is 116 cm³/mol. The summed E-state index contributed by atoms with van der Waals surface area (Å²) in [4.78, 5) is 25.2. The molecule has 8 heteroatoms. The third-order valence-electron chi connectivity index (χ3n) is 4.83. The molecule has 7 nitrogen and oxygen atoms in total. The van der Waals surface area contributed by atoms with Crippen molar-refractivity contribution in [2.45, 2.75) is 13.2 Å². The summed E-state index contributed by atoms with van der Waals surface area (Å²) >= 11 is 0. The topological polar surface area (TPSA) is 85.9 Å². The van der Waals surface area contributed by atoms with Crippen molar-refractivity contribution in [2.24, 2.45) is 0 Å². The summed E-state index contributed by atoms with van der Waals surface area (Å²) in [5.41, 5.74) is 3.33. The van der Waals surface area contributed by atoms with Crippen LogP contribution in [0.2, 0.25) is 0 Å². The molecule has 0 fully saturated rings. The zero-order valence-electron chi connectivity index (χ0n) is 17.3. The summed E-state index contributed by atoms with van der Waals surface area (Å²) in [6, 6.07) is 15.3. The van der Waals surface area contributed by atoms with Gasteiger partial charge in [-0.3, -0.25) is 9.59 Å². The molecule has 0 atom stereocenters. The smallest absolute Gasteiger partial charge is 0.255 e. The number of halogens is 1. The lowest BCUT2D eigenvalue weighted by atomic mass is 10.1. The number of fused-ring (bicyclic) bond motifs is 1. The molecule has 0 aliphatic carbocycles. The number of methoxy groups -OCH3 is 1. The number of carbonyl (C=O) groups excluding carboxylic acids is 2. The number of benzene rings is 3. The van der Waals surface area contributed by atoms with Crippen LogP contribution in [0.3, 0.4) is 0 Å². The Morgan fingerprint density at radius 1 is 0.969 bits per heavy atom. The van der Waals surface area contributed by atoms with Crippen LogP contribution in [-0.4, -0.2) is 25.7 Å². The Morgan fingerprint density at radius 3 is 2.50 bits per heavy atom. The highest BCUT2D eigenvalue weighted by molar-refractivity contribution is 6.07. The van der Waals surface area contributed by atoms with E-state index >= 15 is 0 Å². The minimum absolute atomic E-state index is 0.172. The fourth-order valence-electron chi connectivity index (χ4n) is 3.38. The molecule has 0 bridgehead atoms. The standard InChI is InChI=1S/C24H21FN2O5/c1-30-12-17-10-21(11-18-13-31-14-32-22(17)18)27-24(29)16-3-2-4-20(9-16)26-23(28)15-5-7-19(25)8-6-15/h2-11H,12-14H2,1H3,(H,26,28)(H,27,29). The highest BCUT2D eigenvalue weighted by atomic mass is 19.1. The van der Waals surface area contributed by atoms with E-state index in [9.17, 15) is 14.0 Å². The summed E-state index contributed by atoms with van der Waals surface area (Å²) in [5.74, 6) is -0.457. The number of nitrogens with one attached hydrogen (secondary N) is 2. The average molecular weight is 436 g/mol. The first-order chi connectivity index (χ1) is 15.5. The third-order valence-corrected chi connectivity index (χ3v) is 4.83. The molecule has 0 aromatic heterocycles. The minimum Gasteiger partial charge on any atom is -0.467 e. The van der Waals surface area contributed by atoms with Crippen molar-refractivity contribution < 1.29 is 28.2 Å². The van der Waals surface area contributed by atoms with Crippen LogP contribution in [0.1, 0.15) is 31.8 Å². The SMILES string of the molecule is COCc1cc(NC(=O)c2cccc(NC(=O)c3ccc(F)cc3)c2)cc2c1OCOC2. The van der Waals surface area contributed by atoms with E-state index in [-0.39, 0.29) is 12.7 Å². The molecule has 3 aromatic rings. The summed E-state index contributed by atoms with van der Waals surface area (Å²) in [6.45, 7) is 0.878. The molecular weight excluding hydrogens is 415 g/mol. The summed E-state index contributed by atoms with van der Waals surface area (Å²) in [6.07, 6.45) is 0. The van der Waals surface area contributed by atoms with Gasteiger partial charge in [-0.1, -0.05) is 6.07 Å². The Kier molecular flexibility index (Phi) is 6.44. The number of rotatable bonds is 6. The molecule has 32 heavy (non-hydrogen) atoms. The fourth-order valence-corrected chi connectivity index (χ4v) is 3.38. The second-order valence-electron chi connectivity index (χ2n) is 7.16. The van der Waals surface area contributed by atoms with Crippen LogP contribution in [0, 0.1) is 5.82 Å². The van der Waals surface area contributed by atoms with Crippen molar-refractivity contribution >= 4 is 23.2 Å². The summed E-state index contributed by atoms with van der Waals surface area (Å²) in [7, 11) is 1.59. The highest BCUT2D eigenvalue weighted by Gasteiger charge is 2.18. The van der Waals surface area contributed by atoms with Gasteiger partial charge in [-0.25, -0.2) is 4.39 Å². The van der Waals surface area contributed by atoms with Gasteiger partial charge in [-0.05, 0) is 54.6 Å². The summed E-state index contributed by atoms with van der Waals surface area (Å²) in [5, 5.41) is 5.58. The Labute approximate surface area is 184 Å². The lowest BCUT2D eigenvalue weighted by molar-refractivity contribution is -0.0179. The van der Waals surface area contributed by atoms with Gasteiger partial charge >= 0.3 is 0 Å². The maximum absolute atomic E-state index is 13.1. The van der Waals surface area contributed by atoms with Gasteiger partial charge in [0.25, 0.3) is 11.8 Å². The van der Waals surface area contributed by atoms with Crippen molar-refractivity contribution in [3.05, 3.63) is 88.7 Å². The molecule has 2 amide bonds. The molecule has 0 saturated heterocycles. The maximum Gasteiger partial charge on any atom is 0.255 e. The normalized spacial score (nSPS) is 12.4. The van der Waals surface area contributed by atoms with Crippen LogP contribution in [0.15, 0.2) is 60.7 Å². The van der Waals surface area contributed by atoms with E-state index < -0.39 is 11.7 Å². The fraction of sp³-hybridized carbons (Fsp3) is 0.167. The minimum atomic E-state index is -0.422. The number of hydrogen-bond acceptors (Lipinski definition) is 5. The zero-order valence-corrected chi connectivity index (χ0v) is 17.3. The van der Waals surface area contributed by atoms with E-state index in [0.717, 1.165) is 11.1 Å². The van der Waals surface area contributed by atoms with Gasteiger partial charge in [0.1, 0.15) is 11.6 Å². The molecule has 0 saturated carbocycles. The first-order valence-electron chi connectivity index (χ1n) is 9.87. The molecule has 4 rings (SSSR count). The third kappa shape index (κ3) is 4.93. The van der Waals surface area contributed by atoms with E-state index in [1.54, 1.807) is 43.5 Å². The molecule has 0 unspecified atom stereocenters. The van der Waals surface area contributed by atoms with Gasteiger partial charge in [0.05, 0.1) is 13.2 Å². The molecule has 164 valence electrons. The molecule has 3 aromatic carbocycles. The van der Waals surface area contributed by atoms with Gasteiger partial charge in [0.2, 0.25) is 0 Å². The number of ether oxygens (including phenoxy) is 3. The van der Waals surface area contributed by atoms with Crippen molar-refractivity contribution in [2.75, 3.05) is 24.5 Å². The van der Waals surface area contributed by atoms with E-state index in [4.69, 9.17) is 14.2 Å². The first-order valence-corrected chi connectivity index (χ1v) is 9.87. The second-order valence-corrected chi connectivity index (χ2v) is 7.16. The van der Waals surface area contributed by atoms with E-state index in [1.807, 2.05) is 0 Å². The van der Waals surface area contributed by atoms with Crippen molar-refractivity contribution in [3.63, 3.8) is 0 Å². The Hall–Kier alpha value is -3.75. The van der Waals surface area contributed by atoms with Crippen LogP contribution in [0.25, 0.3) is 0 Å². The molecular formula is C24H21FN2O5. The Bertz CT molecular complexity index is 1150. The quantitative estimate of drug-likeness (QED) is 0.600. The largest absolute Gasteiger partial charge is 0.467 e.